The maximum atomic E-state index is 13.1. The fourth-order valence-electron chi connectivity index (χ4n) is 1.43. The highest BCUT2D eigenvalue weighted by molar-refractivity contribution is 5.31. The minimum Gasteiger partial charge on any atom is -0.494 e. The summed E-state index contributed by atoms with van der Waals surface area (Å²) in [5.74, 6) is -0.259. The molecule has 1 rings (SSSR count). The van der Waals surface area contributed by atoms with Crippen LogP contribution >= 0.6 is 0 Å². The molecule has 0 aromatic heterocycles. The van der Waals surface area contributed by atoms with Crippen molar-refractivity contribution in [2.24, 2.45) is 0 Å². The van der Waals surface area contributed by atoms with Crippen LogP contribution < -0.4 is 4.74 Å². The molecule has 1 unspecified atom stereocenters. The molecule has 0 saturated carbocycles. The van der Waals surface area contributed by atoms with Gasteiger partial charge in [-0.2, -0.15) is 0 Å². The van der Waals surface area contributed by atoms with Gasteiger partial charge in [0.15, 0.2) is 11.6 Å². The van der Waals surface area contributed by atoms with Crippen LogP contribution in [0.25, 0.3) is 0 Å². The first-order valence-electron chi connectivity index (χ1n) is 5.20. The van der Waals surface area contributed by atoms with Crippen molar-refractivity contribution in [3.05, 3.63) is 41.7 Å². The van der Waals surface area contributed by atoms with Crippen molar-refractivity contribution in [2.45, 2.75) is 25.9 Å². The van der Waals surface area contributed by atoms with E-state index >= 15 is 0 Å². The highest BCUT2D eigenvalue weighted by Gasteiger charge is 2.10. The maximum Gasteiger partial charge on any atom is 0.165 e. The lowest BCUT2D eigenvalue weighted by Crippen LogP contribution is -1.99. The fourth-order valence-corrected chi connectivity index (χ4v) is 1.43. The molecule has 88 valence electrons. The Morgan fingerprint density at radius 3 is 2.81 bits per heavy atom. The molecule has 2 nitrogen and oxygen atoms in total. The van der Waals surface area contributed by atoms with E-state index in [1.165, 1.54) is 19.2 Å². The fraction of sp³-hybridized carbons (Fsp3) is 0.385. The number of halogens is 1. The first-order valence-corrected chi connectivity index (χ1v) is 5.20. The van der Waals surface area contributed by atoms with Crippen molar-refractivity contribution in [3.63, 3.8) is 0 Å². The number of hydrogen-bond acceptors (Lipinski definition) is 2. The summed E-state index contributed by atoms with van der Waals surface area (Å²) in [6.45, 7) is 5.69. The van der Waals surface area contributed by atoms with Crippen molar-refractivity contribution in [3.8, 4) is 5.75 Å². The minimum atomic E-state index is -0.605. The lowest BCUT2D eigenvalue weighted by Gasteiger charge is -2.12. The van der Waals surface area contributed by atoms with E-state index in [4.69, 9.17) is 4.74 Å². The average Bonchev–Trinajstić information content (AvgIpc) is 2.26. The minimum absolute atomic E-state index is 0.159. The van der Waals surface area contributed by atoms with Crippen LogP contribution in [0.2, 0.25) is 0 Å². The second-order valence-electron chi connectivity index (χ2n) is 3.91. The normalized spacial score (nSPS) is 12.2. The Labute approximate surface area is 95.4 Å². The first-order chi connectivity index (χ1) is 7.54. The van der Waals surface area contributed by atoms with Gasteiger partial charge in [0.2, 0.25) is 0 Å². The summed E-state index contributed by atoms with van der Waals surface area (Å²) in [6, 6.07) is 4.40. The molecule has 0 aliphatic heterocycles. The van der Waals surface area contributed by atoms with E-state index in [2.05, 4.69) is 6.58 Å². The number of hydrogen-bond donors (Lipinski definition) is 1. The molecule has 1 aromatic rings. The van der Waals surface area contributed by atoms with Crippen molar-refractivity contribution in [2.75, 3.05) is 7.11 Å². The molecule has 0 radical (unpaired) electrons. The van der Waals surface area contributed by atoms with Gasteiger partial charge in [-0.3, -0.25) is 0 Å². The van der Waals surface area contributed by atoms with Gasteiger partial charge in [0.05, 0.1) is 13.2 Å². The SMILES string of the molecule is C=C(C)CCC(O)c1ccc(F)c(OC)c1. The van der Waals surface area contributed by atoms with Crippen molar-refractivity contribution in [1.82, 2.24) is 0 Å². The predicted octanol–water partition coefficient (Wildman–Crippen LogP) is 3.22. The van der Waals surface area contributed by atoms with Crippen LogP contribution in [-0.4, -0.2) is 12.2 Å². The largest absolute Gasteiger partial charge is 0.494 e. The van der Waals surface area contributed by atoms with Gasteiger partial charge in [-0.1, -0.05) is 11.6 Å². The van der Waals surface area contributed by atoms with Gasteiger partial charge in [0.1, 0.15) is 0 Å². The summed E-state index contributed by atoms with van der Waals surface area (Å²) in [5, 5.41) is 9.86. The Hall–Kier alpha value is -1.35. The summed E-state index contributed by atoms with van der Waals surface area (Å²) < 4.78 is 18.0. The van der Waals surface area contributed by atoms with Crippen molar-refractivity contribution < 1.29 is 14.2 Å². The van der Waals surface area contributed by atoms with E-state index in [1.807, 2.05) is 6.92 Å². The van der Waals surface area contributed by atoms with E-state index in [0.29, 0.717) is 12.0 Å². The smallest absolute Gasteiger partial charge is 0.165 e. The van der Waals surface area contributed by atoms with Gasteiger partial charge in [0.25, 0.3) is 0 Å². The molecule has 1 atom stereocenters. The second-order valence-corrected chi connectivity index (χ2v) is 3.91. The lowest BCUT2D eigenvalue weighted by molar-refractivity contribution is 0.167. The average molecular weight is 224 g/mol. The Morgan fingerprint density at radius 2 is 2.25 bits per heavy atom. The highest BCUT2D eigenvalue weighted by Crippen LogP contribution is 2.25. The van der Waals surface area contributed by atoms with Gasteiger partial charge >= 0.3 is 0 Å². The number of benzene rings is 1. The third-order valence-corrected chi connectivity index (χ3v) is 2.40. The number of aliphatic hydroxyl groups is 1. The molecule has 0 amide bonds. The molecule has 0 heterocycles. The lowest BCUT2D eigenvalue weighted by atomic mass is 10.0. The highest BCUT2D eigenvalue weighted by atomic mass is 19.1. The van der Waals surface area contributed by atoms with Gasteiger partial charge in [-0.15, -0.1) is 6.58 Å². The van der Waals surface area contributed by atoms with E-state index in [1.54, 1.807) is 6.07 Å². The molecule has 0 aliphatic carbocycles. The third kappa shape index (κ3) is 3.35. The monoisotopic (exact) mass is 224 g/mol. The van der Waals surface area contributed by atoms with Crippen molar-refractivity contribution in [1.29, 1.82) is 0 Å². The van der Waals surface area contributed by atoms with E-state index in [0.717, 1.165) is 12.0 Å². The zero-order valence-corrected chi connectivity index (χ0v) is 9.66. The van der Waals surface area contributed by atoms with Crippen LogP contribution in [0, 0.1) is 5.82 Å². The molecule has 3 heteroatoms. The van der Waals surface area contributed by atoms with Crippen LogP contribution in [0.3, 0.4) is 0 Å². The summed E-state index contributed by atoms with van der Waals surface area (Å²) in [4.78, 5) is 0. The van der Waals surface area contributed by atoms with Gasteiger partial charge in [0, 0.05) is 0 Å². The quantitative estimate of drug-likeness (QED) is 0.778. The Kier molecular flexibility index (Phi) is 4.50. The second kappa shape index (κ2) is 5.66. The maximum absolute atomic E-state index is 13.1. The van der Waals surface area contributed by atoms with E-state index in [9.17, 15) is 9.50 Å². The zero-order chi connectivity index (χ0) is 12.1. The molecular weight excluding hydrogens is 207 g/mol. The number of allylic oxidation sites excluding steroid dienone is 1. The molecule has 0 bridgehead atoms. The van der Waals surface area contributed by atoms with Crippen LogP contribution in [0.15, 0.2) is 30.4 Å². The molecule has 16 heavy (non-hydrogen) atoms. The zero-order valence-electron chi connectivity index (χ0n) is 9.66. The van der Waals surface area contributed by atoms with Crippen LogP contribution in [0.1, 0.15) is 31.4 Å². The van der Waals surface area contributed by atoms with Crippen LogP contribution in [0.4, 0.5) is 4.39 Å². The van der Waals surface area contributed by atoms with Gasteiger partial charge in [-0.25, -0.2) is 4.39 Å². The molecule has 0 fully saturated rings. The number of aliphatic hydroxyl groups excluding tert-OH is 1. The first kappa shape index (κ1) is 12.7. The number of methoxy groups -OCH3 is 1. The number of ether oxygens (including phenoxy) is 1. The molecule has 0 saturated heterocycles. The molecule has 0 aliphatic rings. The Bertz CT molecular complexity index is 374. The Balaban J connectivity index is 2.75. The Morgan fingerprint density at radius 1 is 1.56 bits per heavy atom. The summed E-state index contributed by atoms with van der Waals surface area (Å²) in [5.41, 5.74) is 1.69. The van der Waals surface area contributed by atoms with E-state index < -0.39 is 11.9 Å². The standard InChI is InChI=1S/C13H17FO2/c1-9(2)4-7-12(15)10-5-6-11(14)13(8-10)16-3/h5-6,8,12,15H,1,4,7H2,2-3H3. The summed E-state index contributed by atoms with van der Waals surface area (Å²) >= 11 is 0. The molecule has 0 spiro atoms. The number of rotatable bonds is 5. The topological polar surface area (TPSA) is 29.5 Å². The third-order valence-electron chi connectivity index (χ3n) is 2.40. The summed E-state index contributed by atoms with van der Waals surface area (Å²) in [7, 11) is 1.41. The molecular formula is C13H17FO2. The van der Waals surface area contributed by atoms with Crippen molar-refractivity contribution >= 4 is 0 Å². The molecule has 1 N–H and O–H groups in total. The van der Waals surface area contributed by atoms with E-state index in [-0.39, 0.29) is 5.75 Å². The summed E-state index contributed by atoms with van der Waals surface area (Å²) in [6.07, 6.45) is 0.733. The van der Waals surface area contributed by atoms with Gasteiger partial charge < -0.3 is 9.84 Å². The van der Waals surface area contributed by atoms with Gasteiger partial charge in [-0.05, 0) is 37.5 Å². The van der Waals surface area contributed by atoms with Crippen LogP contribution in [0.5, 0.6) is 5.75 Å². The predicted molar refractivity (Wildman–Crippen MR) is 62.0 cm³/mol. The molecule has 1 aromatic carbocycles. The van der Waals surface area contributed by atoms with Crippen LogP contribution in [-0.2, 0) is 0 Å².